The molecule has 0 atom stereocenters. The molecule has 4 heteroatoms. The number of hydrogen-bond acceptors (Lipinski definition) is 4. The van der Waals surface area contributed by atoms with E-state index in [4.69, 9.17) is 20.3 Å². The van der Waals surface area contributed by atoms with E-state index in [2.05, 4.69) is 0 Å². The van der Waals surface area contributed by atoms with E-state index in [1.54, 1.807) is 24.3 Å². The van der Waals surface area contributed by atoms with E-state index in [1.807, 2.05) is 31.2 Å². The Morgan fingerprint density at radius 3 is 2.17 bits per heavy atom. The van der Waals surface area contributed by atoms with Crippen LogP contribution >= 0.6 is 12.3 Å². The van der Waals surface area contributed by atoms with E-state index >= 15 is 0 Å². The Labute approximate surface area is 111 Å². The Morgan fingerprint density at radius 2 is 1.50 bits per heavy atom. The smallest absolute Gasteiger partial charge is 0.271 e. The second kappa shape index (κ2) is 6.33. The fourth-order valence-electron chi connectivity index (χ4n) is 1.22. The van der Waals surface area contributed by atoms with Crippen LogP contribution in [0.25, 0.3) is 0 Å². The van der Waals surface area contributed by atoms with E-state index in [0.29, 0.717) is 17.1 Å². The van der Waals surface area contributed by atoms with Crippen LogP contribution in [0.3, 0.4) is 0 Å². The van der Waals surface area contributed by atoms with Crippen LogP contribution in [-0.4, -0.2) is 0 Å². The summed E-state index contributed by atoms with van der Waals surface area (Å²) < 4.78 is 10.1. The molecule has 0 heterocycles. The summed E-state index contributed by atoms with van der Waals surface area (Å²) in [4.78, 5) is 5.02. The molecule has 0 N–H and O–H groups in total. The quantitative estimate of drug-likeness (QED) is 0.351. The molecule has 0 spiro atoms. The maximum Gasteiger partial charge on any atom is 0.271 e. The van der Waals surface area contributed by atoms with Gasteiger partial charge < -0.3 is 9.07 Å². The van der Waals surface area contributed by atoms with Crippen molar-refractivity contribution in [3.05, 3.63) is 66.6 Å². The van der Waals surface area contributed by atoms with Gasteiger partial charge in [0.2, 0.25) is 0 Å². The molecule has 0 saturated heterocycles. The van der Waals surface area contributed by atoms with Crippen molar-refractivity contribution in [3.8, 4) is 11.5 Å². The standard InChI is InChI=1S/C14H12O3S/c1-11-3-7-13(8-4-11)15-17-18-16-14-9-5-12(2)6-10-14/h2-10H,1H3. The lowest BCUT2D eigenvalue weighted by Crippen LogP contribution is -1.92. The van der Waals surface area contributed by atoms with E-state index in [-0.39, 0.29) is 0 Å². The van der Waals surface area contributed by atoms with E-state index < -0.39 is 0 Å². The molecule has 0 unspecified atom stereocenters. The van der Waals surface area contributed by atoms with Crippen LogP contribution in [0, 0.1) is 13.8 Å². The third kappa shape index (κ3) is 3.98. The van der Waals surface area contributed by atoms with Gasteiger partial charge in [-0.3, -0.25) is 0 Å². The SMILES string of the molecule is [CH]c1ccc(OSOOc2ccc(C)cc2)cc1. The number of benzene rings is 2. The molecular formula is C14H12O3S. The Bertz CT molecular complexity index is 432. The topological polar surface area (TPSA) is 27.7 Å². The van der Waals surface area contributed by atoms with Crippen LogP contribution in [0.5, 0.6) is 11.5 Å². The summed E-state index contributed by atoms with van der Waals surface area (Å²) in [6.07, 6.45) is 0. The predicted octanol–water partition coefficient (Wildman–Crippen LogP) is 4.01. The number of rotatable bonds is 5. The first-order chi connectivity index (χ1) is 8.74. The van der Waals surface area contributed by atoms with Gasteiger partial charge in [0.05, 0.1) is 0 Å². The van der Waals surface area contributed by atoms with Gasteiger partial charge in [-0.2, -0.15) is 0 Å². The molecule has 18 heavy (non-hydrogen) atoms. The van der Waals surface area contributed by atoms with Crippen LogP contribution in [0.1, 0.15) is 11.1 Å². The summed E-state index contributed by atoms with van der Waals surface area (Å²) in [5.74, 6) is 1.26. The Hall–Kier alpha value is -1.65. The highest BCUT2D eigenvalue weighted by Gasteiger charge is 1.98. The molecule has 0 aliphatic carbocycles. The third-order valence-corrected chi connectivity index (χ3v) is 2.57. The average molecular weight is 260 g/mol. The molecule has 0 aliphatic heterocycles. The maximum atomic E-state index is 5.55. The van der Waals surface area contributed by atoms with Crippen molar-refractivity contribution in [2.75, 3.05) is 0 Å². The second-order valence-corrected chi connectivity index (χ2v) is 4.12. The molecule has 92 valence electrons. The first kappa shape index (κ1) is 12.8. The molecule has 0 aliphatic rings. The van der Waals surface area contributed by atoms with Crippen LogP contribution in [0.15, 0.2) is 48.5 Å². The lowest BCUT2D eigenvalue weighted by molar-refractivity contribution is -0.0833. The second-order valence-electron chi connectivity index (χ2n) is 3.68. The van der Waals surface area contributed by atoms with Crippen molar-refractivity contribution in [2.24, 2.45) is 0 Å². The zero-order chi connectivity index (χ0) is 12.8. The van der Waals surface area contributed by atoms with Gasteiger partial charge in [-0.1, -0.05) is 34.2 Å². The Morgan fingerprint density at radius 1 is 0.889 bits per heavy atom. The molecule has 2 aromatic carbocycles. The van der Waals surface area contributed by atoms with Crippen molar-refractivity contribution < 1.29 is 13.4 Å². The zero-order valence-electron chi connectivity index (χ0n) is 9.83. The molecule has 2 rings (SSSR count). The lowest BCUT2D eigenvalue weighted by Gasteiger charge is -2.04. The predicted molar refractivity (Wildman–Crippen MR) is 71.0 cm³/mol. The minimum Gasteiger partial charge on any atom is -0.398 e. The van der Waals surface area contributed by atoms with Crippen molar-refractivity contribution in [2.45, 2.75) is 6.92 Å². The zero-order valence-corrected chi connectivity index (χ0v) is 10.6. The maximum absolute atomic E-state index is 5.55. The van der Waals surface area contributed by atoms with Gasteiger partial charge in [0.15, 0.2) is 5.75 Å². The fraction of sp³-hybridized carbons (Fsp3) is 0.0714. The Balaban J connectivity index is 1.73. The Kier molecular flexibility index (Phi) is 4.50. The summed E-state index contributed by atoms with van der Waals surface area (Å²) in [6, 6.07) is 14.5. The summed E-state index contributed by atoms with van der Waals surface area (Å²) in [6.45, 7) is 7.55. The van der Waals surface area contributed by atoms with Gasteiger partial charge in [0.1, 0.15) is 5.75 Å². The van der Waals surface area contributed by atoms with E-state index in [1.165, 1.54) is 0 Å². The van der Waals surface area contributed by atoms with Gasteiger partial charge in [-0.05, 0) is 43.7 Å². The third-order valence-electron chi connectivity index (χ3n) is 2.19. The molecule has 0 aromatic heterocycles. The molecule has 3 nitrogen and oxygen atoms in total. The normalized spacial score (nSPS) is 10.1. The summed E-state index contributed by atoms with van der Waals surface area (Å²) in [7, 11) is 0. The molecule has 0 fully saturated rings. The highest BCUT2D eigenvalue weighted by Crippen LogP contribution is 2.19. The minimum atomic E-state index is 0.619. The summed E-state index contributed by atoms with van der Waals surface area (Å²) in [5.41, 5.74) is 1.84. The highest BCUT2D eigenvalue weighted by molar-refractivity contribution is 7.90. The van der Waals surface area contributed by atoms with Gasteiger partial charge in [-0.15, -0.1) is 0 Å². The van der Waals surface area contributed by atoms with E-state index in [0.717, 1.165) is 17.9 Å². The first-order valence-electron chi connectivity index (χ1n) is 5.34. The molecule has 2 aromatic rings. The molecule has 0 bridgehead atoms. The first-order valence-corrected chi connectivity index (χ1v) is 6.01. The average Bonchev–Trinajstić information content (AvgIpc) is 2.39. The van der Waals surface area contributed by atoms with Crippen molar-refractivity contribution >= 4 is 12.3 Å². The van der Waals surface area contributed by atoms with Gasteiger partial charge in [-0.25, -0.2) is 0 Å². The molecule has 0 saturated carbocycles. The van der Waals surface area contributed by atoms with Gasteiger partial charge >= 0.3 is 0 Å². The largest absolute Gasteiger partial charge is 0.398 e. The van der Waals surface area contributed by atoms with Crippen LogP contribution in [0.2, 0.25) is 0 Å². The van der Waals surface area contributed by atoms with Crippen LogP contribution in [-0.2, 0) is 4.33 Å². The molecule has 2 radical (unpaired) electrons. The van der Waals surface area contributed by atoms with Crippen LogP contribution in [0.4, 0.5) is 0 Å². The summed E-state index contributed by atoms with van der Waals surface area (Å²) in [5, 5.41) is 0. The number of hydrogen-bond donors (Lipinski definition) is 0. The monoisotopic (exact) mass is 260 g/mol. The van der Waals surface area contributed by atoms with Gasteiger partial charge in [0, 0.05) is 0 Å². The number of aryl methyl sites for hydroxylation is 1. The van der Waals surface area contributed by atoms with Crippen molar-refractivity contribution in [3.63, 3.8) is 0 Å². The van der Waals surface area contributed by atoms with Crippen LogP contribution < -0.4 is 9.07 Å². The lowest BCUT2D eigenvalue weighted by atomic mass is 10.2. The molecule has 0 amide bonds. The summed E-state index contributed by atoms with van der Waals surface area (Å²) >= 11 is 0.748. The van der Waals surface area contributed by atoms with Crippen molar-refractivity contribution in [1.82, 2.24) is 0 Å². The molecular weight excluding hydrogens is 248 g/mol. The highest BCUT2D eigenvalue weighted by atomic mass is 32.2. The van der Waals surface area contributed by atoms with E-state index in [9.17, 15) is 0 Å². The minimum absolute atomic E-state index is 0.619. The fourth-order valence-corrected chi connectivity index (χ4v) is 1.55. The van der Waals surface area contributed by atoms with Crippen molar-refractivity contribution in [1.29, 1.82) is 0 Å². The van der Waals surface area contributed by atoms with Gasteiger partial charge in [0.25, 0.3) is 12.3 Å².